The highest BCUT2D eigenvalue weighted by atomic mass is 14.8. The highest BCUT2D eigenvalue weighted by Crippen LogP contribution is 2.04. The number of rotatable bonds is 6. The van der Waals surface area contributed by atoms with Gasteiger partial charge < -0.3 is 0 Å². The molecule has 0 amide bonds. The van der Waals surface area contributed by atoms with Crippen molar-refractivity contribution in [1.29, 1.82) is 5.39 Å². The Morgan fingerprint density at radius 2 is 1.80 bits per heavy atom. The first kappa shape index (κ1) is 7.53. The number of diazo groups is 1. The minimum atomic E-state index is -0.614. The van der Waals surface area contributed by atoms with Crippen molar-refractivity contribution in [2.24, 2.45) is 0 Å². The van der Waals surface area contributed by atoms with Crippen LogP contribution in [0.2, 0.25) is 0 Å². The summed E-state index contributed by atoms with van der Waals surface area (Å²) >= 11 is 0. The molecule has 0 aromatic carbocycles. The lowest BCUT2D eigenvalue weighted by atomic mass is 10.1. The maximum atomic E-state index is 8.17. The van der Waals surface area contributed by atoms with Crippen molar-refractivity contribution in [3.63, 3.8) is 0 Å². The van der Waals surface area contributed by atoms with Gasteiger partial charge in [-0.2, -0.15) is 0 Å². The summed E-state index contributed by atoms with van der Waals surface area (Å²) in [5.74, 6) is 0. The molecule has 10 heavy (non-hydrogen) atoms. The molecule has 0 radical (unpaired) electrons. The van der Waals surface area contributed by atoms with Crippen LogP contribution in [0.5, 0.6) is 0 Å². The molecule has 58 valence electrons. The van der Waals surface area contributed by atoms with Crippen molar-refractivity contribution in [3.8, 4) is 0 Å². The van der Waals surface area contributed by atoms with E-state index in [1.807, 2.05) is 0 Å². The number of hydrogen-bond acceptors (Lipinski definition) is 1. The molecule has 0 spiro atoms. The summed E-state index contributed by atoms with van der Waals surface area (Å²) in [7, 11) is 0. The SMILES string of the molecule is [2H]C(CCCCCCC)[N+]#N. The zero-order valence-corrected chi connectivity index (χ0v) is 6.71. The first-order chi connectivity index (χ1) is 5.31. The van der Waals surface area contributed by atoms with Gasteiger partial charge in [-0.25, -0.2) is 0 Å². The van der Waals surface area contributed by atoms with E-state index in [9.17, 15) is 0 Å². The minimum absolute atomic E-state index is 0.614. The average Bonchev–Trinajstić information content (AvgIpc) is 2.04. The fourth-order valence-electron chi connectivity index (χ4n) is 0.897. The molecule has 0 fully saturated rings. The van der Waals surface area contributed by atoms with Crippen LogP contribution in [0.3, 0.4) is 0 Å². The minimum Gasteiger partial charge on any atom is -0.0654 e. The van der Waals surface area contributed by atoms with Crippen LogP contribution in [0.15, 0.2) is 0 Å². The monoisotopic (exact) mass is 142 g/mol. The molecule has 1 atom stereocenters. The van der Waals surface area contributed by atoms with Crippen molar-refractivity contribution in [2.45, 2.75) is 45.4 Å². The van der Waals surface area contributed by atoms with E-state index in [0.29, 0.717) is 6.42 Å². The molecule has 0 aliphatic rings. The zero-order valence-electron chi connectivity index (χ0n) is 7.71. The molecule has 2 heteroatoms. The van der Waals surface area contributed by atoms with Gasteiger partial charge >= 0.3 is 6.52 Å². The molecule has 0 aliphatic heterocycles. The van der Waals surface area contributed by atoms with E-state index in [2.05, 4.69) is 11.9 Å². The van der Waals surface area contributed by atoms with Gasteiger partial charge in [-0.15, -0.1) is 0 Å². The fourth-order valence-corrected chi connectivity index (χ4v) is 0.897. The molecule has 0 heterocycles. The van der Waals surface area contributed by atoms with E-state index >= 15 is 0 Å². The molecule has 0 saturated carbocycles. The summed E-state index contributed by atoms with van der Waals surface area (Å²) in [6.45, 7) is 1.56. The van der Waals surface area contributed by atoms with E-state index in [-0.39, 0.29) is 0 Å². The van der Waals surface area contributed by atoms with Gasteiger partial charge in [0.05, 0.1) is 0 Å². The standard InChI is InChI=1S/C8H17N2/c1-2-3-4-5-6-7-8-10-9/h2-8H2,1H3/q+1/i8D. The fraction of sp³-hybridized carbons (Fsp3) is 1.00. The smallest absolute Gasteiger partial charge is 0.0654 e. The second kappa shape index (κ2) is 8.42. The molecular formula is C8H17N2+. The van der Waals surface area contributed by atoms with Crippen LogP contribution in [-0.2, 0) is 0 Å². The molecule has 2 nitrogen and oxygen atoms in total. The molecule has 0 aromatic rings. The van der Waals surface area contributed by atoms with Gasteiger partial charge in [0.1, 0.15) is 6.35 Å². The maximum Gasteiger partial charge on any atom is 0.305 e. The van der Waals surface area contributed by atoms with Crippen LogP contribution in [0, 0.1) is 5.39 Å². The van der Waals surface area contributed by atoms with Crippen molar-refractivity contribution in [1.82, 2.24) is 0 Å². The molecule has 0 aliphatic carbocycles. The average molecular weight is 142 g/mol. The topological polar surface area (TPSA) is 28.1 Å². The number of hydrogen-bond donors (Lipinski definition) is 0. The molecule has 0 bridgehead atoms. The first-order valence-electron chi connectivity index (χ1n) is 4.65. The normalized spacial score (nSPS) is 13.8. The third-order valence-electron chi connectivity index (χ3n) is 1.52. The Balaban J connectivity index is 2.97. The molecular weight excluding hydrogens is 124 g/mol. The van der Waals surface area contributed by atoms with Crippen LogP contribution in [0.25, 0.3) is 4.98 Å². The number of unbranched alkanes of at least 4 members (excludes halogenated alkanes) is 4. The quantitative estimate of drug-likeness (QED) is 0.413. The summed E-state index contributed by atoms with van der Waals surface area (Å²) in [5, 5.41) is 8.17. The van der Waals surface area contributed by atoms with Crippen LogP contribution in [-0.4, -0.2) is 6.52 Å². The van der Waals surface area contributed by atoms with E-state index in [0.717, 1.165) is 6.42 Å². The Hall–Kier alpha value is -0.580. The largest absolute Gasteiger partial charge is 0.305 e. The Morgan fingerprint density at radius 1 is 1.20 bits per heavy atom. The van der Waals surface area contributed by atoms with E-state index in [1.165, 1.54) is 25.7 Å². The second-order valence-corrected chi connectivity index (χ2v) is 2.50. The zero-order chi connectivity index (χ0) is 8.53. The lowest BCUT2D eigenvalue weighted by molar-refractivity contribution is 0.620. The Labute approximate surface area is 64.7 Å². The van der Waals surface area contributed by atoms with Gasteiger partial charge in [-0.05, 0) is 6.42 Å². The summed E-state index contributed by atoms with van der Waals surface area (Å²) in [6, 6.07) is 0. The van der Waals surface area contributed by atoms with E-state index < -0.39 is 6.52 Å². The molecule has 0 aromatic heterocycles. The molecule has 0 N–H and O–H groups in total. The summed E-state index contributed by atoms with van der Waals surface area (Å²) < 4.78 is 7.08. The van der Waals surface area contributed by atoms with Crippen molar-refractivity contribution in [2.75, 3.05) is 6.52 Å². The summed E-state index contributed by atoms with van der Waals surface area (Å²) in [5.41, 5.74) is 0. The first-order valence-corrected chi connectivity index (χ1v) is 4.07. The van der Waals surface area contributed by atoms with Crippen LogP contribution >= 0.6 is 0 Å². The van der Waals surface area contributed by atoms with Crippen LogP contribution < -0.4 is 0 Å². The third kappa shape index (κ3) is 7.42. The van der Waals surface area contributed by atoms with Gasteiger partial charge in [-0.1, -0.05) is 32.6 Å². The Bertz CT molecular complexity index is 120. The molecule has 0 saturated heterocycles. The Kier molecular flexibility index (Phi) is 6.34. The lowest BCUT2D eigenvalue weighted by Gasteiger charge is -1.93. The number of nitrogens with zero attached hydrogens (tertiary/aromatic N) is 2. The lowest BCUT2D eigenvalue weighted by Crippen LogP contribution is -1.80. The van der Waals surface area contributed by atoms with Gasteiger partial charge in [0, 0.05) is 6.42 Å². The predicted molar refractivity (Wildman–Crippen MR) is 43.3 cm³/mol. The van der Waals surface area contributed by atoms with Gasteiger partial charge in [0.2, 0.25) is 5.39 Å². The van der Waals surface area contributed by atoms with Gasteiger partial charge in [-0.3, -0.25) is 0 Å². The van der Waals surface area contributed by atoms with E-state index in [4.69, 9.17) is 6.76 Å². The van der Waals surface area contributed by atoms with Gasteiger partial charge in [0.25, 0.3) is 0 Å². The summed E-state index contributed by atoms with van der Waals surface area (Å²) in [6.07, 6.45) is 6.64. The van der Waals surface area contributed by atoms with Crippen LogP contribution in [0.1, 0.15) is 46.8 Å². The van der Waals surface area contributed by atoms with Gasteiger partial charge in [0.15, 0.2) is 0 Å². The molecule has 1 unspecified atom stereocenters. The van der Waals surface area contributed by atoms with E-state index in [1.54, 1.807) is 0 Å². The predicted octanol–water partition coefficient (Wildman–Crippen LogP) is 3.20. The highest BCUT2D eigenvalue weighted by molar-refractivity contribution is 4.53. The second-order valence-electron chi connectivity index (χ2n) is 2.50. The van der Waals surface area contributed by atoms with Crippen molar-refractivity contribution in [3.05, 3.63) is 4.98 Å². The van der Waals surface area contributed by atoms with Crippen LogP contribution in [0.4, 0.5) is 0 Å². The Morgan fingerprint density at radius 3 is 2.40 bits per heavy atom. The summed E-state index contributed by atoms with van der Waals surface area (Å²) in [4.78, 5) is 2.87. The van der Waals surface area contributed by atoms with Crippen molar-refractivity contribution < 1.29 is 1.37 Å². The highest BCUT2D eigenvalue weighted by Gasteiger charge is 1.93. The maximum absolute atomic E-state index is 8.17. The third-order valence-corrected chi connectivity index (χ3v) is 1.52. The van der Waals surface area contributed by atoms with Crippen molar-refractivity contribution >= 4 is 0 Å². The molecule has 0 rings (SSSR count).